The zero-order valence-electron chi connectivity index (χ0n) is 14.7. The second-order valence-corrected chi connectivity index (χ2v) is 6.94. The maximum Gasteiger partial charge on any atom is 0.153 e. The molecule has 0 aromatic rings. The van der Waals surface area contributed by atoms with Crippen molar-refractivity contribution in [3.63, 3.8) is 0 Å². The van der Waals surface area contributed by atoms with Gasteiger partial charge in [-0.05, 0) is 38.2 Å². The summed E-state index contributed by atoms with van der Waals surface area (Å²) >= 11 is 12.8. The maximum absolute atomic E-state index is 4.91. The largest absolute Gasteiger partial charge is 0.262 e. The fourth-order valence-electron chi connectivity index (χ4n) is 1.16. The number of nitrogens with zero attached hydrogens (tertiary/aromatic N) is 2. The van der Waals surface area contributed by atoms with Crippen molar-refractivity contribution in [2.24, 2.45) is 10.2 Å². The Morgan fingerprint density at radius 1 is 0.739 bits per heavy atom. The molecule has 0 atom stereocenters. The first kappa shape index (κ1) is 28.3. The van der Waals surface area contributed by atoms with Crippen molar-refractivity contribution >= 4 is 68.0 Å². The quantitative estimate of drug-likeness (QED) is 0.270. The molecule has 0 heterocycles. The van der Waals surface area contributed by atoms with Gasteiger partial charge in [0.1, 0.15) is 0 Å². The van der Waals surface area contributed by atoms with E-state index < -0.39 is 0 Å². The van der Waals surface area contributed by atoms with E-state index in [-0.39, 0.29) is 21.1 Å². The third-order valence-electron chi connectivity index (χ3n) is 2.61. The van der Waals surface area contributed by atoms with Crippen LogP contribution in [-0.2, 0) is 21.1 Å². The molecule has 0 fully saturated rings. The fraction of sp³-hybridized carbons (Fsp3) is 0.714. The van der Waals surface area contributed by atoms with Crippen LogP contribution in [0.1, 0.15) is 53.4 Å². The summed E-state index contributed by atoms with van der Waals surface area (Å²) in [6.45, 7) is 8.36. The van der Waals surface area contributed by atoms with Gasteiger partial charge in [-0.25, -0.2) is 0 Å². The second-order valence-electron chi connectivity index (χ2n) is 3.98. The normalized spacial score (nSPS) is 8.61. The molecule has 23 heavy (non-hydrogen) atoms. The number of thiocarbonyl (C=S) groups is 2. The van der Waals surface area contributed by atoms with Crippen LogP contribution in [0.4, 0.5) is 0 Å². The molecule has 0 saturated carbocycles. The summed E-state index contributed by atoms with van der Waals surface area (Å²) in [5.74, 6) is 0. The van der Waals surface area contributed by atoms with E-state index in [0.29, 0.717) is 0 Å². The van der Waals surface area contributed by atoms with Crippen molar-refractivity contribution in [2.75, 3.05) is 12.5 Å². The second kappa shape index (κ2) is 20.6. The van der Waals surface area contributed by atoms with Crippen LogP contribution < -0.4 is 10.9 Å². The number of hydrazone groups is 2. The summed E-state index contributed by atoms with van der Waals surface area (Å²) in [7, 11) is 0. The number of hydrogen-bond acceptors (Lipinski definition) is 6. The fourth-order valence-corrected chi connectivity index (χ4v) is 1.52. The third-order valence-corrected chi connectivity index (χ3v) is 4.72. The van der Waals surface area contributed by atoms with Gasteiger partial charge in [-0.3, -0.25) is 10.9 Å². The van der Waals surface area contributed by atoms with Gasteiger partial charge in [-0.15, -0.1) is 0 Å². The molecule has 0 aliphatic carbocycles. The predicted molar refractivity (Wildman–Crippen MR) is 115 cm³/mol. The molecule has 0 aliphatic rings. The molecule has 0 aliphatic heterocycles. The van der Waals surface area contributed by atoms with Crippen molar-refractivity contribution in [1.82, 2.24) is 10.9 Å². The molecule has 0 rings (SSSR count). The van der Waals surface area contributed by atoms with Gasteiger partial charge in [0.15, 0.2) is 8.64 Å². The van der Waals surface area contributed by atoms with Gasteiger partial charge in [0.2, 0.25) is 0 Å². The molecule has 0 aromatic carbocycles. The molecule has 0 bridgehead atoms. The summed E-state index contributed by atoms with van der Waals surface area (Å²) in [6.07, 6.45) is 7.81. The van der Waals surface area contributed by atoms with Crippen molar-refractivity contribution in [3.8, 4) is 0 Å². The summed E-state index contributed by atoms with van der Waals surface area (Å²) in [5.41, 5.74) is 7.94. The maximum atomic E-state index is 4.91. The molecule has 0 radical (unpaired) electrons. The molecule has 9 heteroatoms. The van der Waals surface area contributed by atoms with Crippen LogP contribution >= 0.6 is 48.0 Å². The SMILES string of the molecule is CCC(CC)=NNC(=S)SC.CCC(CC)=NNC(=S)SC.[Pt]. The van der Waals surface area contributed by atoms with Crippen molar-refractivity contribution in [1.29, 1.82) is 0 Å². The molecule has 0 saturated heterocycles. The van der Waals surface area contributed by atoms with Crippen molar-refractivity contribution in [2.45, 2.75) is 53.4 Å². The Balaban J connectivity index is -0.000000333. The molecule has 0 spiro atoms. The first-order chi connectivity index (χ1) is 10.5. The minimum atomic E-state index is 0. The molecule has 0 amide bonds. The number of nitrogens with one attached hydrogen (secondary N) is 2. The van der Waals surface area contributed by atoms with E-state index in [1.807, 2.05) is 12.5 Å². The van der Waals surface area contributed by atoms with Crippen LogP contribution in [0.15, 0.2) is 10.2 Å². The molecule has 0 aromatic heterocycles. The predicted octanol–water partition coefficient (Wildman–Crippen LogP) is 4.80. The Morgan fingerprint density at radius 2 is 1.00 bits per heavy atom. The van der Waals surface area contributed by atoms with Crippen molar-refractivity contribution < 1.29 is 21.1 Å². The number of rotatable bonds is 6. The Morgan fingerprint density at radius 3 is 1.17 bits per heavy atom. The van der Waals surface area contributed by atoms with E-state index in [1.165, 1.54) is 23.5 Å². The van der Waals surface area contributed by atoms with E-state index in [0.717, 1.165) is 45.7 Å². The average molecular weight is 576 g/mol. The number of hydrogen-bond donors (Lipinski definition) is 2. The minimum absolute atomic E-state index is 0. The van der Waals surface area contributed by atoms with Crippen LogP contribution in [-0.4, -0.2) is 32.6 Å². The summed E-state index contributed by atoms with van der Waals surface area (Å²) in [5, 5.41) is 8.27. The van der Waals surface area contributed by atoms with Crippen LogP contribution in [0, 0.1) is 0 Å². The summed E-state index contributed by atoms with van der Waals surface area (Å²) in [4.78, 5) is 0. The zero-order chi connectivity index (χ0) is 17.4. The standard InChI is InChI=1S/2C7H14N2S2.Pt/c2*1-4-6(5-2)8-9-7(10)11-3;/h2*4-5H2,1-3H3,(H,9,10);. The molecule has 2 N–H and O–H groups in total. The summed E-state index contributed by atoms with van der Waals surface area (Å²) < 4.78 is 1.45. The van der Waals surface area contributed by atoms with E-state index in [9.17, 15) is 0 Å². The third kappa shape index (κ3) is 18.7. The van der Waals surface area contributed by atoms with Crippen LogP contribution in [0.2, 0.25) is 0 Å². The topological polar surface area (TPSA) is 48.8 Å². The smallest absolute Gasteiger partial charge is 0.153 e. The van der Waals surface area contributed by atoms with Gasteiger partial charge >= 0.3 is 0 Å². The van der Waals surface area contributed by atoms with Gasteiger partial charge in [0, 0.05) is 32.5 Å². The van der Waals surface area contributed by atoms with Crippen LogP contribution in [0.5, 0.6) is 0 Å². The van der Waals surface area contributed by atoms with Gasteiger partial charge in [-0.2, -0.15) is 10.2 Å². The van der Waals surface area contributed by atoms with Gasteiger partial charge in [0.25, 0.3) is 0 Å². The van der Waals surface area contributed by atoms with Crippen LogP contribution in [0.25, 0.3) is 0 Å². The van der Waals surface area contributed by atoms with Crippen LogP contribution in [0.3, 0.4) is 0 Å². The first-order valence-electron chi connectivity index (χ1n) is 7.27. The Bertz CT molecular complexity index is 339. The summed E-state index contributed by atoms with van der Waals surface area (Å²) in [6, 6.07) is 0. The Hall–Kier alpha value is 0.508. The molecule has 4 nitrogen and oxygen atoms in total. The average Bonchev–Trinajstić information content (AvgIpc) is 2.56. The van der Waals surface area contributed by atoms with Crippen molar-refractivity contribution in [3.05, 3.63) is 0 Å². The van der Waals surface area contributed by atoms with E-state index in [2.05, 4.69) is 48.7 Å². The Labute approximate surface area is 175 Å². The van der Waals surface area contributed by atoms with E-state index in [4.69, 9.17) is 24.4 Å². The van der Waals surface area contributed by atoms with Gasteiger partial charge in [-0.1, -0.05) is 75.7 Å². The molecular formula is C14H28N4PtS4. The monoisotopic (exact) mass is 575 g/mol. The molecule has 0 unspecified atom stereocenters. The molecule has 138 valence electrons. The molecular weight excluding hydrogens is 548 g/mol. The van der Waals surface area contributed by atoms with Gasteiger partial charge in [0.05, 0.1) is 0 Å². The number of thioether (sulfide) groups is 2. The zero-order valence-corrected chi connectivity index (χ0v) is 20.2. The Kier molecular flexibility index (Phi) is 25.3. The van der Waals surface area contributed by atoms with E-state index >= 15 is 0 Å². The first-order valence-corrected chi connectivity index (χ1v) is 10.5. The minimum Gasteiger partial charge on any atom is -0.262 e. The van der Waals surface area contributed by atoms with Gasteiger partial charge < -0.3 is 0 Å². The van der Waals surface area contributed by atoms with E-state index in [1.54, 1.807) is 0 Å².